The van der Waals surface area contributed by atoms with Gasteiger partial charge in [0.05, 0.1) is 6.54 Å². The molecule has 0 saturated heterocycles. The van der Waals surface area contributed by atoms with Gasteiger partial charge in [0.15, 0.2) is 5.82 Å². The molecule has 1 heterocycles. The Labute approximate surface area is 123 Å². The molecule has 9 heteroatoms. The smallest absolute Gasteiger partial charge is 0.376 e. The second kappa shape index (κ2) is 6.46. The molecule has 1 amide bonds. The van der Waals surface area contributed by atoms with Crippen molar-refractivity contribution in [2.45, 2.75) is 19.6 Å². The lowest BCUT2D eigenvalue weighted by molar-refractivity contribution is -0.123. The fourth-order valence-electron chi connectivity index (χ4n) is 1.61. The van der Waals surface area contributed by atoms with Crippen molar-refractivity contribution >= 4 is 11.6 Å². The highest BCUT2D eigenvalue weighted by molar-refractivity contribution is 5.94. The van der Waals surface area contributed by atoms with Crippen LogP contribution in [-0.4, -0.2) is 28.8 Å². The predicted molar refractivity (Wildman–Crippen MR) is 71.2 cm³/mol. The molecule has 0 unspecified atom stereocenters. The van der Waals surface area contributed by atoms with Crippen molar-refractivity contribution in [3.8, 4) is 0 Å². The molecular formula is C13H13F3N4O2. The molecular weight excluding hydrogens is 301 g/mol. The van der Waals surface area contributed by atoms with Crippen LogP contribution >= 0.6 is 0 Å². The molecule has 0 aliphatic carbocycles. The Morgan fingerprint density at radius 2 is 1.95 bits per heavy atom. The van der Waals surface area contributed by atoms with E-state index in [9.17, 15) is 18.0 Å². The monoisotopic (exact) mass is 314 g/mol. The lowest BCUT2D eigenvalue weighted by atomic mass is 10.2. The maximum Gasteiger partial charge on any atom is 0.405 e. The van der Waals surface area contributed by atoms with E-state index in [1.165, 1.54) is 12.1 Å². The molecule has 0 aliphatic heterocycles. The maximum atomic E-state index is 12.0. The molecule has 6 nitrogen and oxygen atoms in total. The minimum absolute atomic E-state index is 0.142. The molecule has 0 spiro atoms. The molecule has 2 aromatic rings. The number of nitrogens with zero attached hydrogens (tertiary/aromatic N) is 2. The first-order valence-corrected chi connectivity index (χ1v) is 6.31. The Kier molecular flexibility index (Phi) is 4.64. The Morgan fingerprint density at radius 1 is 1.27 bits per heavy atom. The van der Waals surface area contributed by atoms with Gasteiger partial charge in [-0.05, 0) is 31.2 Å². The van der Waals surface area contributed by atoms with Crippen molar-refractivity contribution in [2.24, 2.45) is 0 Å². The van der Waals surface area contributed by atoms with Crippen LogP contribution < -0.4 is 10.6 Å². The molecule has 0 radical (unpaired) electrons. The predicted octanol–water partition coefficient (Wildman–Crippen LogP) is 2.28. The summed E-state index contributed by atoms with van der Waals surface area (Å²) in [6.07, 6.45) is -4.43. The molecule has 0 fully saturated rings. The zero-order chi connectivity index (χ0) is 16.2. The lowest BCUT2D eigenvalue weighted by Crippen LogP contribution is -2.33. The molecule has 0 saturated carbocycles. The van der Waals surface area contributed by atoms with E-state index in [4.69, 9.17) is 4.52 Å². The fraction of sp³-hybridized carbons (Fsp3) is 0.308. The third-order valence-electron chi connectivity index (χ3n) is 2.61. The number of aromatic nitrogens is 2. The zero-order valence-corrected chi connectivity index (χ0v) is 11.6. The van der Waals surface area contributed by atoms with Crippen LogP contribution in [0.25, 0.3) is 0 Å². The van der Waals surface area contributed by atoms with Gasteiger partial charge in [-0.2, -0.15) is 18.2 Å². The lowest BCUT2D eigenvalue weighted by Gasteiger charge is -2.09. The van der Waals surface area contributed by atoms with Crippen LogP contribution in [0.15, 0.2) is 28.8 Å². The Morgan fingerprint density at radius 3 is 2.50 bits per heavy atom. The van der Waals surface area contributed by atoms with Crippen LogP contribution in [0.4, 0.5) is 18.9 Å². The fourth-order valence-corrected chi connectivity index (χ4v) is 1.61. The van der Waals surface area contributed by atoms with E-state index in [2.05, 4.69) is 15.5 Å². The zero-order valence-electron chi connectivity index (χ0n) is 11.6. The van der Waals surface area contributed by atoms with Gasteiger partial charge in [0.25, 0.3) is 5.91 Å². The summed E-state index contributed by atoms with van der Waals surface area (Å²) in [7, 11) is 0. The molecule has 22 heavy (non-hydrogen) atoms. The molecule has 118 valence electrons. The van der Waals surface area contributed by atoms with E-state index in [0.717, 1.165) is 0 Å². The van der Waals surface area contributed by atoms with Gasteiger partial charge >= 0.3 is 6.18 Å². The van der Waals surface area contributed by atoms with Crippen molar-refractivity contribution in [3.63, 3.8) is 0 Å². The van der Waals surface area contributed by atoms with Gasteiger partial charge in [-0.25, -0.2) is 0 Å². The van der Waals surface area contributed by atoms with E-state index in [1.54, 1.807) is 24.4 Å². The van der Waals surface area contributed by atoms with Gasteiger partial charge in [-0.3, -0.25) is 4.79 Å². The highest BCUT2D eigenvalue weighted by atomic mass is 19.4. The van der Waals surface area contributed by atoms with Crippen LogP contribution in [0, 0.1) is 6.92 Å². The number of hydrogen-bond donors (Lipinski definition) is 2. The van der Waals surface area contributed by atoms with E-state index in [1.807, 2.05) is 0 Å². The normalized spacial score (nSPS) is 11.3. The number of anilines is 1. The van der Waals surface area contributed by atoms with Crippen LogP contribution in [0.2, 0.25) is 0 Å². The minimum atomic E-state index is -4.43. The summed E-state index contributed by atoms with van der Waals surface area (Å²) >= 11 is 0. The number of alkyl halides is 3. The van der Waals surface area contributed by atoms with E-state index >= 15 is 0 Å². The summed E-state index contributed by atoms with van der Waals surface area (Å²) in [6.45, 7) is 0.643. The average Bonchev–Trinajstić information content (AvgIpc) is 2.88. The first kappa shape index (κ1) is 15.8. The molecule has 0 aliphatic rings. The third kappa shape index (κ3) is 4.76. The summed E-state index contributed by atoms with van der Waals surface area (Å²) in [4.78, 5) is 15.5. The van der Waals surface area contributed by atoms with E-state index < -0.39 is 18.6 Å². The Hall–Kier alpha value is -2.58. The van der Waals surface area contributed by atoms with Crippen molar-refractivity contribution in [2.75, 3.05) is 11.9 Å². The standard InChI is InChI=1S/C13H13F3N4O2/c1-8-19-11(22-20-8)6-17-10-4-2-9(3-5-10)12(21)18-7-13(14,15)16/h2-5,17H,6-7H2,1H3,(H,18,21). The van der Waals surface area contributed by atoms with Crippen LogP contribution in [0.5, 0.6) is 0 Å². The minimum Gasteiger partial charge on any atom is -0.376 e. The molecule has 2 N–H and O–H groups in total. The van der Waals surface area contributed by atoms with Gasteiger partial charge in [-0.15, -0.1) is 0 Å². The molecule has 0 bridgehead atoms. The Balaban J connectivity index is 1.88. The van der Waals surface area contributed by atoms with Crippen molar-refractivity contribution in [1.29, 1.82) is 0 Å². The van der Waals surface area contributed by atoms with Gasteiger partial charge < -0.3 is 15.2 Å². The maximum absolute atomic E-state index is 12.0. The SMILES string of the molecule is Cc1noc(CNc2ccc(C(=O)NCC(F)(F)F)cc2)n1. The molecule has 0 atom stereocenters. The quantitative estimate of drug-likeness (QED) is 0.885. The molecule has 1 aromatic carbocycles. The van der Waals surface area contributed by atoms with Gasteiger partial charge in [0.1, 0.15) is 6.54 Å². The summed E-state index contributed by atoms with van der Waals surface area (Å²) in [6, 6.07) is 6.00. The highest BCUT2D eigenvalue weighted by Gasteiger charge is 2.27. The van der Waals surface area contributed by atoms with Crippen LogP contribution in [0.1, 0.15) is 22.1 Å². The van der Waals surface area contributed by atoms with Crippen LogP contribution in [-0.2, 0) is 6.54 Å². The number of carbonyl (C=O) groups is 1. The number of carbonyl (C=O) groups excluding carboxylic acids is 1. The van der Waals surface area contributed by atoms with E-state index in [-0.39, 0.29) is 5.56 Å². The van der Waals surface area contributed by atoms with Crippen molar-refractivity contribution in [3.05, 3.63) is 41.5 Å². The first-order chi connectivity index (χ1) is 10.3. The summed E-state index contributed by atoms with van der Waals surface area (Å²) in [5.41, 5.74) is 0.812. The molecule has 2 rings (SSSR count). The average molecular weight is 314 g/mol. The van der Waals surface area contributed by atoms with Gasteiger partial charge in [-0.1, -0.05) is 5.16 Å². The van der Waals surface area contributed by atoms with E-state index in [0.29, 0.717) is 23.9 Å². The number of nitrogens with one attached hydrogen (secondary N) is 2. The second-order valence-electron chi connectivity index (χ2n) is 4.46. The number of benzene rings is 1. The topological polar surface area (TPSA) is 80.0 Å². The summed E-state index contributed by atoms with van der Waals surface area (Å²) in [5.74, 6) is 0.148. The van der Waals surface area contributed by atoms with Crippen molar-refractivity contribution < 1.29 is 22.5 Å². The number of aryl methyl sites for hydroxylation is 1. The first-order valence-electron chi connectivity index (χ1n) is 6.31. The van der Waals surface area contributed by atoms with Crippen LogP contribution in [0.3, 0.4) is 0 Å². The Bertz CT molecular complexity index is 637. The largest absolute Gasteiger partial charge is 0.405 e. The second-order valence-corrected chi connectivity index (χ2v) is 4.46. The summed E-state index contributed by atoms with van der Waals surface area (Å²) in [5, 5.41) is 8.43. The summed E-state index contributed by atoms with van der Waals surface area (Å²) < 4.78 is 41.0. The van der Waals surface area contributed by atoms with Crippen molar-refractivity contribution in [1.82, 2.24) is 15.5 Å². The highest BCUT2D eigenvalue weighted by Crippen LogP contribution is 2.14. The number of rotatable bonds is 5. The molecule has 1 aromatic heterocycles. The number of hydrogen-bond acceptors (Lipinski definition) is 5. The third-order valence-corrected chi connectivity index (χ3v) is 2.61. The number of amides is 1. The number of halogens is 3. The van der Waals surface area contributed by atoms with Gasteiger partial charge in [0.2, 0.25) is 5.89 Å². The van der Waals surface area contributed by atoms with Gasteiger partial charge in [0, 0.05) is 11.3 Å².